The molecule has 0 amide bonds. The molecular formula is C14H21BrN2S. The highest BCUT2D eigenvalue weighted by atomic mass is 79.9. The van der Waals surface area contributed by atoms with Gasteiger partial charge < -0.3 is 5.73 Å². The lowest BCUT2D eigenvalue weighted by molar-refractivity contribution is 0.515. The summed E-state index contributed by atoms with van der Waals surface area (Å²) < 4.78 is 1.02. The van der Waals surface area contributed by atoms with Gasteiger partial charge in [-0.05, 0) is 40.9 Å². The summed E-state index contributed by atoms with van der Waals surface area (Å²) in [6.07, 6.45) is 9.72. The van der Waals surface area contributed by atoms with Crippen LogP contribution in [0.1, 0.15) is 37.8 Å². The Balaban J connectivity index is 1.71. The van der Waals surface area contributed by atoms with E-state index >= 15 is 0 Å². The Morgan fingerprint density at radius 1 is 1.33 bits per heavy atom. The Kier molecular flexibility index (Phi) is 5.99. The van der Waals surface area contributed by atoms with Gasteiger partial charge in [0, 0.05) is 39.8 Å². The van der Waals surface area contributed by atoms with E-state index in [1.165, 1.54) is 32.1 Å². The molecule has 1 heterocycles. The van der Waals surface area contributed by atoms with E-state index in [0.29, 0.717) is 0 Å². The van der Waals surface area contributed by atoms with Crippen LogP contribution in [0.25, 0.3) is 0 Å². The van der Waals surface area contributed by atoms with Crippen LogP contribution in [0.2, 0.25) is 0 Å². The predicted molar refractivity (Wildman–Crippen MR) is 82.9 cm³/mol. The minimum Gasteiger partial charge on any atom is -0.327 e. The largest absolute Gasteiger partial charge is 0.327 e. The van der Waals surface area contributed by atoms with Gasteiger partial charge in [-0.1, -0.05) is 19.3 Å². The molecule has 0 spiro atoms. The third kappa shape index (κ3) is 4.90. The maximum absolute atomic E-state index is 6.19. The molecule has 2 nitrogen and oxygen atoms in total. The van der Waals surface area contributed by atoms with Crippen molar-refractivity contribution in [3.8, 4) is 0 Å². The van der Waals surface area contributed by atoms with E-state index in [2.05, 4.69) is 38.7 Å². The van der Waals surface area contributed by atoms with Gasteiger partial charge in [-0.15, -0.1) is 0 Å². The highest BCUT2D eigenvalue weighted by Gasteiger charge is 2.15. The fourth-order valence-electron chi connectivity index (χ4n) is 2.35. The van der Waals surface area contributed by atoms with Crippen LogP contribution in [-0.4, -0.2) is 22.0 Å². The van der Waals surface area contributed by atoms with Crippen LogP contribution >= 0.6 is 27.7 Å². The zero-order valence-electron chi connectivity index (χ0n) is 10.6. The summed E-state index contributed by atoms with van der Waals surface area (Å²) in [6, 6.07) is 4.31. The first-order valence-electron chi connectivity index (χ1n) is 6.71. The predicted octanol–water partition coefficient (Wildman–Crippen LogP) is 3.78. The average Bonchev–Trinajstić information content (AvgIpc) is 2.40. The number of hydrogen-bond donors (Lipinski definition) is 1. The molecule has 18 heavy (non-hydrogen) atoms. The number of nitrogens with two attached hydrogens (primary N) is 1. The number of hydrogen-bond acceptors (Lipinski definition) is 3. The smallest absolute Gasteiger partial charge is 0.0420 e. The molecule has 2 rings (SSSR count). The quantitative estimate of drug-likeness (QED) is 0.893. The van der Waals surface area contributed by atoms with Crippen molar-refractivity contribution in [1.29, 1.82) is 0 Å². The summed E-state index contributed by atoms with van der Waals surface area (Å²) in [4.78, 5) is 4.38. The van der Waals surface area contributed by atoms with Gasteiger partial charge in [-0.3, -0.25) is 4.98 Å². The Hall–Kier alpha value is -0.0600. The van der Waals surface area contributed by atoms with Gasteiger partial charge in [0.2, 0.25) is 0 Å². The fraction of sp³-hybridized carbons (Fsp3) is 0.643. The highest BCUT2D eigenvalue weighted by Crippen LogP contribution is 2.28. The maximum atomic E-state index is 6.19. The molecule has 1 aliphatic rings. The number of nitrogens with zero attached hydrogens (tertiary/aromatic N) is 1. The van der Waals surface area contributed by atoms with Crippen molar-refractivity contribution in [3.05, 3.63) is 28.5 Å². The minimum absolute atomic E-state index is 0.227. The van der Waals surface area contributed by atoms with E-state index in [9.17, 15) is 0 Å². The van der Waals surface area contributed by atoms with Gasteiger partial charge in [0.1, 0.15) is 0 Å². The van der Waals surface area contributed by atoms with Gasteiger partial charge in [-0.2, -0.15) is 11.8 Å². The highest BCUT2D eigenvalue weighted by molar-refractivity contribution is 9.10. The second kappa shape index (κ2) is 7.51. The molecular weight excluding hydrogens is 308 g/mol. The second-order valence-corrected chi connectivity index (χ2v) is 7.27. The van der Waals surface area contributed by atoms with Crippen molar-refractivity contribution >= 4 is 27.7 Å². The average molecular weight is 329 g/mol. The molecule has 1 fully saturated rings. The first-order chi connectivity index (χ1) is 8.74. The van der Waals surface area contributed by atoms with E-state index in [1.807, 2.05) is 12.3 Å². The molecule has 1 atom stereocenters. The van der Waals surface area contributed by atoms with Crippen LogP contribution < -0.4 is 5.73 Å². The molecule has 1 aliphatic carbocycles. The Morgan fingerprint density at radius 3 is 2.78 bits per heavy atom. The summed E-state index contributed by atoms with van der Waals surface area (Å²) in [5.74, 6) is 1.06. The van der Waals surface area contributed by atoms with Crippen LogP contribution in [0.5, 0.6) is 0 Å². The van der Waals surface area contributed by atoms with Gasteiger partial charge in [-0.25, -0.2) is 0 Å². The molecule has 1 aromatic heterocycles. The van der Waals surface area contributed by atoms with Gasteiger partial charge >= 0.3 is 0 Å². The molecule has 0 bridgehead atoms. The normalized spacial score (nSPS) is 18.8. The SMILES string of the molecule is NC(CSC1CCCCC1)Cc1ccc(Br)cn1. The summed E-state index contributed by atoms with van der Waals surface area (Å²) >= 11 is 5.46. The summed E-state index contributed by atoms with van der Waals surface area (Å²) in [5, 5.41) is 0.850. The van der Waals surface area contributed by atoms with Crippen LogP contribution in [-0.2, 0) is 6.42 Å². The second-order valence-electron chi connectivity index (χ2n) is 5.03. The molecule has 0 aliphatic heterocycles. The molecule has 0 aromatic carbocycles. The van der Waals surface area contributed by atoms with Gasteiger partial charge in [0.25, 0.3) is 0 Å². The van der Waals surface area contributed by atoms with Crippen molar-refractivity contribution < 1.29 is 0 Å². The number of pyridine rings is 1. The van der Waals surface area contributed by atoms with Crippen LogP contribution in [0, 0.1) is 0 Å². The molecule has 1 aromatic rings. The molecule has 100 valence electrons. The maximum Gasteiger partial charge on any atom is 0.0420 e. The van der Waals surface area contributed by atoms with Crippen LogP contribution in [0.15, 0.2) is 22.8 Å². The third-order valence-electron chi connectivity index (χ3n) is 3.36. The number of thioether (sulfide) groups is 1. The molecule has 1 saturated carbocycles. The Morgan fingerprint density at radius 2 is 2.11 bits per heavy atom. The van der Waals surface area contributed by atoms with Gasteiger partial charge in [0.15, 0.2) is 0 Å². The van der Waals surface area contributed by atoms with Crippen molar-refractivity contribution in [1.82, 2.24) is 4.98 Å². The third-order valence-corrected chi connectivity index (χ3v) is 5.39. The summed E-state index contributed by atoms with van der Waals surface area (Å²) in [6.45, 7) is 0. The lowest BCUT2D eigenvalue weighted by Gasteiger charge is -2.22. The summed E-state index contributed by atoms with van der Waals surface area (Å²) in [5.41, 5.74) is 7.28. The molecule has 0 saturated heterocycles. The van der Waals surface area contributed by atoms with E-state index in [1.54, 1.807) is 0 Å². The van der Waals surface area contributed by atoms with Crippen LogP contribution in [0.3, 0.4) is 0 Å². The summed E-state index contributed by atoms with van der Waals surface area (Å²) in [7, 11) is 0. The molecule has 2 N–H and O–H groups in total. The lowest BCUT2D eigenvalue weighted by atomic mass is 10.0. The molecule has 4 heteroatoms. The van der Waals surface area contributed by atoms with Crippen LogP contribution in [0.4, 0.5) is 0 Å². The fourth-order valence-corrected chi connectivity index (χ4v) is 3.88. The van der Waals surface area contributed by atoms with Gasteiger partial charge in [0.05, 0.1) is 0 Å². The van der Waals surface area contributed by atoms with Crippen molar-refractivity contribution in [3.63, 3.8) is 0 Å². The first-order valence-corrected chi connectivity index (χ1v) is 8.56. The minimum atomic E-state index is 0.227. The Bertz CT molecular complexity index is 349. The topological polar surface area (TPSA) is 38.9 Å². The number of rotatable bonds is 5. The van der Waals surface area contributed by atoms with Crippen molar-refractivity contribution in [2.45, 2.75) is 49.8 Å². The Labute approximate surface area is 122 Å². The monoisotopic (exact) mass is 328 g/mol. The number of halogens is 1. The van der Waals surface area contributed by atoms with Crippen molar-refractivity contribution in [2.75, 3.05) is 5.75 Å². The van der Waals surface area contributed by atoms with E-state index in [-0.39, 0.29) is 6.04 Å². The van der Waals surface area contributed by atoms with E-state index in [4.69, 9.17) is 5.73 Å². The molecule has 0 radical (unpaired) electrons. The first kappa shape index (κ1) is 14.4. The lowest BCUT2D eigenvalue weighted by Crippen LogP contribution is -2.27. The van der Waals surface area contributed by atoms with E-state index < -0.39 is 0 Å². The van der Waals surface area contributed by atoms with E-state index in [0.717, 1.165) is 27.6 Å². The number of aromatic nitrogens is 1. The van der Waals surface area contributed by atoms with Crippen molar-refractivity contribution in [2.24, 2.45) is 5.73 Å². The standard InChI is InChI=1S/C14H21BrN2S/c15-11-6-7-13(17-9-11)8-12(16)10-18-14-4-2-1-3-5-14/h6-7,9,12,14H,1-5,8,10,16H2. The molecule has 1 unspecified atom stereocenters. The zero-order chi connectivity index (χ0) is 12.8. The zero-order valence-corrected chi connectivity index (χ0v) is 13.0.